The van der Waals surface area contributed by atoms with E-state index >= 15 is 0 Å². The summed E-state index contributed by atoms with van der Waals surface area (Å²) in [5.74, 6) is 0. The molecular weight excluding hydrogens is 686 g/mol. The van der Waals surface area contributed by atoms with E-state index in [-0.39, 0.29) is 10.8 Å². The number of piperidine rings is 2. The van der Waals surface area contributed by atoms with Gasteiger partial charge in [-0.15, -0.1) is 0 Å². The Morgan fingerprint density at radius 2 is 1.02 bits per heavy atom. The fourth-order valence-electron chi connectivity index (χ4n) is 6.17. The zero-order valence-electron chi connectivity index (χ0n) is 28.5. The molecule has 0 spiro atoms. The van der Waals surface area contributed by atoms with E-state index in [9.17, 15) is 4.79 Å². The molecule has 2 saturated heterocycles. The van der Waals surface area contributed by atoms with Crippen molar-refractivity contribution in [3.05, 3.63) is 79.8 Å². The summed E-state index contributed by atoms with van der Waals surface area (Å²) in [4.78, 5) is 18.2. The number of rotatable bonds is 12. The minimum Gasteiger partial charge on any atom is -0.302 e. The molecule has 4 rings (SSSR count). The Morgan fingerprint density at radius 1 is 0.646 bits per heavy atom. The maximum atomic E-state index is 13.2. The SMILES string of the molecule is CC(C)(CN1CCCCC1)C(/C=C\c1ccc(Cl)c(Cl)c1)=N/NC(=O)N/N=C(\C=C/c1ccc(Cl)c(Cl)c1)C(C)(C)CN1CCCCC1. The van der Waals surface area contributed by atoms with Crippen LogP contribution in [0.1, 0.15) is 77.3 Å². The van der Waals surface area contributed by atoms with Crippen LogP contribution < -0.4 is 10.9 Å². The number of hydrazone groups is 2. The van der Waals surface area contributed by atoms with Crippen molar-refractivity contribution in [2.75, 3.05) is 39.3 Å². The Hall–Kier alpha value is -2.39. The van der Waals surface area contributed by atoms with Crippen LogP contribution in [-0.2, 0) is 0 Å². The first-order chi connectivity index (χ1) is 22.8. The van der Waals surface area contributed by atoms with Crippen LogP contribution >= 0.6 is 46.4 Å². The van der Waals surface area contributed by atoms with Crippen molar-refractivity contribution >= 4 is 76.0 Å². The van der Waals surface area contributed by atoms with Gasteiger partial charge in [0.25, 0.3) is 0 Å². The van der Waals surface area contributed by atoms with Gasteiger partial charge in [0.15, 0.2) is 0 Å². The van der Waals surface area contributed by atoms with E-state index in [1.165, 1.54) is 38.5 Å². The molecule has 0 saturated carbocycles. The van der Waals surface area contributed by atoms with Gasteiger partial charge >= 0.3 is 6.03 Å². The second-order valence-electron chi connectivity index (χ2n) is 14.0. The van der Waals surface area contributed by atoms with E-state index < -0.39 is 6.03 Å². The fraction of sp³-hybridized carbons (Fsp3) is 0.486. The molecule has 48 heavy (non-hydrogen) atoms. The smallest absolute Gasteiger partial charge is 0.302 e. The Bertz CT molecular complexity index is 1410. The van der Waals surface area contributed by atoms with Crippen LogP contribution in [0, 0.1) is 10.8 Å². The van der Waals surface area contributed by atoms with Crippen molar-refractivity contribution in [1.29, 1.82) is 0 Å². The first-order valence-electron chi connectivity index (χ1n) is 16.8. The fourth-order valence-corrected chi connectivity index (χ4v) is 6.79. The number of halogens is 4. The highest BCUT2D eigenvalue weighted by atomic mass is 35.5. The zero-order chi connectivity index (χ0) is 34.7. The number of nitrogens with zero attached hydrogens (tertiary/aromatic N) is 4. The second-order valence-corrected chi connectivity index (χ2v) is 15.6. The zero-order valence-corrected chi connectivity index (χ0v) is 31.5. The van der Waals surface area contributed by atoms with E-state index in [2.05, 4.69) is 58.5 Å². The lowest BCUT2D eigenvalue weighted by Crippen LogP contribution is -2.43. The normalized spacial score (nSPS) is 17.8. The van der Waals surface area contributed by atoms with Gasteiger partial charge in [-0.05, 0) is 99.4 Å². The quantitative estimate of drug-likeness (QED) is 0.169. The van der Waals surface area contributed by atoms with Gasteiger partial charge in [-0.2, -0.15) is 10.2 Å². The minimum atomic E-state index is -0.529. The van der Waals surface area contributed by atoms with Gasteiger partial charge in [0.1, 0.15) is 0 Å². The van der Waals surface area contributed by atoms with E-state index in [4.69, 9.17) is 46.4 Å². The third-order valence-corrected chi connectivity index (χ3v) is 10.3. The van der Waals surface area contributed by atoms with E-state index in [1.54, 1.807) is 12.1 Å². The lowest BCUT2D eigenvalue weighted by atomic mass is 9.85. The van der Waals surface area contributed by atoms with Crippen LogP contribution in [0.15, 0.2) is 58.8 Å². The average molecular weight is 735 g/mol. The average Bonchev–Trinajstić information content (AvgIpc) is 3.04. The van der Waals surface area contributed by atoms with Gasteiger partial charge in [0.2, 0.25) is 0 Å². The highest BCUT2D eigenvalue weighted by Crippen LogP contribution is 2.28. The number of carbonyl (C=O) groups excluding carboxylic acids is 1. The largest absolute Gasteiger partial charge is 0.355 e. The second kappa shape index (κ2) is 18.0. The summed E-state index contributed by atoms with van der Waals surface area (Å²) < 4.78 is 0. The van der Waals surface area contributed by atoms with Gasteiger partial charge in [-0.3, -0.25) is 0 Å². The van der Waals surface area contributed by atoms with Crippen molar-refractivity contribution in [2.24, 2.45) is 21.0 Å². The molecule has 2 amide bonds. The molecule has 2 aliphatic rings. The number of amides is 2. The lowest BCUT2D eigenvalue weighted by molar-refractivity contribution is 0.186. The molecular formula is C37H48Cl4N6O. The van der Waals surface area contributed by atoms with Crippen LogP contribution in [0.25, 0.3) is 12.2 Å². The summed E-state index contributed by atoms with van der Waals surface area (Å²) in [5.41, 5.74) is 7.92. The maximum absolute atomic E-state index is 13.2. The van der Waals surface area contributed by atoms with Crippen molar-refractivity contribution in [1.82, 2.24) is 20.7 Å². The first-order valence-corrected chi connectivity index (χ1v) is 18.3. The topological polar surface area (TPSA) is 72.3 Å². The summed E-state index contributed by atoms with van der Waals surface area (Å²) in [7, 11) is 0. The molecule has 2 N–H and O–H groups in total. The minimum absolute atomic E-state index is 0.356. The Morgan fingerprint density at radius 3 is 1.38 bits per heavy atom. The van der Waals surface area contributed by atoms with E-state index in [1.807, 2.05) is 48.6 Å². The number of benzene rings is 2. The summed E-state index contributed by atoms with van der Waals surface area (Å²) in [6, 6.07) is 10.4. The number of nitrogens with one attached hydrogen (secondary N) is 2. The molecule has 2 aromatic carbocycles. The third kappa shape index (κ3) is 11.9. The molecule has 0 aliphatic carbocycles. The van der Waals surface area contributed by atoms with Crippen LogP contribution in [0.2, 0.25) is 20.1 Å². The highest BCUT2D eigenvalue weighted by molar-refractivity contribution is 6.42. The Labute approximate surface area is 306 Å². The number of allylic oxidation sites excluding steroid dienone is 2. The van der Waals surface area contributed by atoms with E-state index in [0.717, 1.165) is 61.8 Å². The van der Waals surface area contributed by atoms with Gasteiger partial charge < -0.3 is 9.80 Å². The molecule has 0 radical (unpaired) electrons. The molecule has 11 heteroatoms. The van der Waals surface area contributed by atoms with Crippen molar-refractivity contribution in [2.45, 2.75) is 66.2 Å². The maximum Gasteiger partial charge on any atom is 0.355 e. The van der Waals surface area contributed by atoms with E-state index in [0.29, 0.717) is 20.1 Å². The molecule has 7 nitrogen and oxygen atoms in total. The number of likely N-dealkylation sites (tertiary alicyclic amines) is 2. The van der Waals surface area contributed by atoms with Gasteiger partial charge in [-0.25, -0.2) is 15.6 Å². The molecule has 2 aromatic rings. The number of urea groups is 1. The first kappa shape index (κ1) is 38.4. The Kier molecular flexibility index (Phi) is 14.4. The molecule has 0 bridgehead atoms. The monoisotopic (exact) mass is 732 g/mol. The van der Waals surface area contributed by atoms with Crippen LogP contribution in [-0.4, -0.2) is 66.5 Å². The summed E-state index contributed by atoms with van der Waals surface area (Å²) >= 11 is 24.8. The molecule has 0 aromatic heterocycles. The van der Waals surface area contributed by atoms with Gasteiger partial charge in [-0.1, -0.05) is 111 Å². The highest BCUT2D eigenvalue weighted by Gasteiger charge is 2.29. The molecule has 2 heterocycles. The van der Waals surface area contributed by atoms with Crippen molar-refractivity contribution < 1.29 is 4.79 Å². The molecule has 0 unspecified atom stereocenters. The lowest BCUT2D eigenvalue weighted by Gasteiger charge is -2.35. The van der Waals surface area contributed by atoms with Gasteiger partial charge in [0, 0.05) is 23.9 Å². The molecule has 0 atom stereocenters. The predicted octanol–water partition coefficient (Wildman–Crippen LogP) is 10.1. The molecule has 2 aliphatic heterocycles. The summed E-state index contributed by atoms with van der Waals surface area (Å²) in [5, 5.41) is 11.2. The number of hydrogen-bond donors (Lipinski definition) is 2. The molecule has 260 valence electrons. The Balaban J connectivity index is 1.56. The molecule has 2 fully saturated rings. The van der Waals surface area contributed by atoms with Gasteiger partial charge in [0.05, 0.1) is 31.5 Å². The van der Waals surface area contributed by atoms with Crippen LogP contribution in [0.5, 0.6) is 0 Å². The summed E-state index contributed by atoms with van der Waals surface area (Å²) in [6.07, 6.45) is 15.0. The van der Waals surface area contributed by atoms with Crippen molar-refractivity contribution in [3.8, 4) is 0 Å². The number of hydrogen-bond acceptors (Lipinski definition) is 5. The predicted molar refractivity (Wildman–Crippen MR) is 206 cm³/mol. The standard InChI is InChI=1S/C37H48Cl4N6O/c1-36(2,25-46-19-7-5-8-20-46)33(17-13-27-11-15-29(38)31(40)23-27)42-44-35(48)45-43-34(18-14-28-12-16-30(39)32(41)24-28)37(3,4)26-47-21-9-6-10-22-47/h11-18,23-24H,5-10,19-22,25-26H2,1-4H3,(H2,44,45,48)/b17-13-,18-14-,42-33+,43-34+. The van der Waals surface area contributed by atoms with Crippen LogP contribution in [0.3, 0.4) is 0 Å². The van der Waals surface area contributed by atoms with Crippen molar-refractivity contribution in [3.63, 3.8) is 0 Å². The number of carbonyl (C=O) groups is 1. The summed E-state index contributed by atoms with van der Waals surface area (Å²) in [6.45, 7) is 14.4. The third-order valence-electron chi connectivity index (χ3n) is 8.83. The van der Waals surface area contributed by atoms with Crippen LogP contribution in [0.4, 0.5) is 4.79 Å².